The molecule has 0 unspecified atom stereocenters. The number of likely N-dealkylation sites (tertiary alicyclic amines) is 1. The second kappa shape index (κ2) is 9.35. The van der Waals surface area contributed by atoms with Gasteiger partial charge < -0.3 is 24.0 Å². The summed E-state index contributed by atoms with van der Waals surface area (Å²) in [4.78, 5) is 40.2. The lowest BCUT2D eigenvalue weighted by molar-refractivity contribution is -0.151. The van der Waals surface area contributed by atoms with Gasteiger partial charge in [0, 0.05) is 25.7 Å². The number of benzene rings is 1. The SMILES string of the molecule is CCOC(=O)C1CCN(C(=O)CN(C)C(=O)c2cc(Cl)c3c(c2)OCCO3)CC1. The minimum absolute atomic E-state index is 0.0605. The van der Waals surface area contributed by atoms with Crippen LogP contribution in [0.1, 0.15) is 30.1 Å². The van der Waals surface area contributed by atoms with E-state index in [1.165, 1.54) is 11.0 Å². The van der Waals surface area contributed by atoms with Gasteiger partial charge in [-0.05, 0) is 31.9 Å². The molecule has 158 valence electrons. The van der Waals surface area contributed by atoms with E-state index in [1.807, 2.05) is 0 Å². The smallest absolute Gasteiger partial charge is 0.309 e. The molecule has 2 heterocycles. The summed E-state index contributed by atoms with van der Waals surface area (Å²) >= 11 is 6.20. The number of halogens is 1. The van der Waals surface area contributed by atoms with Crippen LogP contribution < -0.4 is 9.47 Å². The number of nitrogens with zero attached hydrogens (tertiary/aromatic N) is 2. The van der Waals surface area contributed by atoms with Crippen LogP contribution in [-0.2, 0) is 14.3 Å². The molecule has 1 aromatic carbocycles. The summed E-state index contributed by atoms with van der Waals surface area (Å²) in [6.07, 6.45) is 1.14. The molecule has 1 fully saturated rings. The van der Waals surface area contributed by atoms with Crippen molar-refractivity contribution >= 4 is 29.4 Å². The van der Waals surface area contributed by atoms with Crippen LogP contribution in [0.3, 0.4) is 0 Å². The first-order valence-electron chi connectivity index (χ1n) is 9.69. The van der Waals surface area contributed by atoms with Gasteiger partial charge in [-0.2, -0.15) is 0 Å². The normalized spacial score (nSPS) is 16.3. The number of hydrogen-bond acceptors (Lipinski definition) is 6. The molecule has 2 aliphatic heterocycles. The summed E-state index contributed by atoms with van der Waals surface area (Å²) < 4.78 is 16.0. The average molecular weight is 425 g/mol. The highest BCUT2D eigenvalue weighted by molar-refractivity contribution is 6.32. The molecular weight excluding hydrogens is 400 g/mol. The van der Waals surface area contributed by atoms with Crippen LogP contribution in [0.4, 0.5) is 0 Å². The van der Waals surface area contributed by atoms with Crippen molar-refractivity contribution in [3.63, 3.8) is 0 Å². The summed E-state index contributed by atoms with van der Waals surface area (Å²) in [5.74, 6) is -0.0171. The fourth-order valence-corrected chi connectivity index (χ4v) is 3.72. The van der Waals surface area contributed by atoms with E-state index >= 15 is 0 Å². The van der Waals surface area contributed by atoms with Crippen molar-refractivity contribution in [1.82, 2.24) is 9.80 Å². The third-order valence-corrected chi connectivity index (χ3v) is 5.31. The molecule has 1 saturated heterocycles. The average Bonchev–Trinajstić information content (AvgIpc) is 2.73. The lowest BCUT2D eigenvalue weighted by Gasteiger charge is -2.32. The summed E-state index contributed by atoms with van der Waals surface area (Å²) in [5, 5.41) is 0.298. The highest BCUT2D eigenvalue weighted by Gasteiger charge is 2.29. The van der Waals surface area contributed by atoms with Gasteiger partial charge in [0.1, 0.15) is 13.2 Å². The second-order valence-corrected chi connectivity index (χ2v) is 7.46. The van der Waals surface area contributed by atoms with Gasteiger partial charge >= 0.3 is 5.97 Å². The number of ether oxygens (including phenoxy) is 3. The third kappa shape index (κ3) is 4.93. The number of esters is 1. The number of rotatable bonds is 5. The molecule has 2 aliphatic rings. The Morgan fingerprint density at radius 3 is 2.59 bits per heavy atom. The molecule has 29 heavy (non-hydrogen) atoms. The number of hydrogen-bond donors (Lipinski definition) is 0. The predicted octanol–water partition coefficient (Wildman–Crippen LogP) is 1.98. The second-order valence-electron chi connectivity index (χ2n) is 7.05. The molecule has 9 heteroatoms. The van der Waals surface area contributed by atoms with Crippen LogP contribution in [0.25, 0.3) is 0 Å². The van der Waals surface area contributed by atoms with Crippen LogP contribution in [0.15, 0.2) is 12.1 Å². The molecule has 0 atom stereocenters. The van der Waals surface area contributed by atoms with Crippen molar-refractivity contribution in [3.05, 3.63) is 22.7 Å². The van der Waals surface area contributed by atoms with Gasteiger partial charge in [0.05, 0.1) is 24.1 Å². The fourth-order valence-electron chi connectivity index (χ4n) is 3.45. The van der Waals surface area contributed by atoms with Crippen molar-refractivity contribution < 1.29 is 28.6 Å². The van der Waals surface area contributed by atoms with Crippen LogP contribution in [0.5, 0.6) is 11.5 Å². The van der Waals surface area contributed by atoms with Gasteiger partial charge in [0.25, 0.3) is 5.91 Å². The maximum absolute atomic E-state index is 12.8. The van der Waals surface area contributed by atoms with Crippen molar-refractivity contribution in [3.8, 4) is 11.5 Å². The molecule has 1 aromatic rings. The summed E-state index contributed by atoms with van der Waals surface area (Å²) in [6, 6.07) is 3.09. The van der Waals surface area contributed by atoms with E-state index in [-0.39, 0.29) is 30.2 Å². The van der Waals surface area contributed by atoms with Crippen molar-refractivity contribution in [2.24, 2.45) is 5.92 Å². The molecule has 2 amide bonds. The Balaban J connectivity index is 1.57. The van der Waals surface area contributed by atoms with Gasteiger partial charge in [-0.3, -0.25) is 14.4 Å². The van der Waals surface area contributed by atoms with Crippen molar-refractivity contribution in [2.45, 2.75) is 19.8 Å². The summed E-state index contributed by atoms with van der Waals surface area (Å²) in [6.45, 7) is 3.81. The van der Waals surface area contributed by atoms with E-state index in [0.717, 1.165) is 0 Å². The Kier molecular flexibility index (Phi) is 6.84. The zero-order chi connectivity index (χ0) is 21.0. The first-order chi connectivity index (χ1) is 13.9. The standard InChI is InChI=1S/C20H25ClN2O6/c1-3-27-20(26)13-4-6-23(7-5-13)17(24)12-22(2)19(25)14-10-15(21)18-16(11-14)28-8-9-29-18/h10-11,13H,3-9,12H2,1-2H3. The molecule has 0 bridgehead atoms. The van der Waals surface area contributed by atoms with Crippen LogP contribution in [-0.4, -0.2) is 74.1 Å². The van der Waals surface area contributed by atoms with Crippen LogP contribution in [0, 0.1) is 5.92 Å². The maximum atomic E-state index is 12.8. The third-order valence-electron chi connectivity index (χ3n) is 5.03. The Morgan fingerprint density at radius 2 is 1.90 bits per heavy atom. The minimum atomic E-state index is -0.335. The molecular formula is C20H25ClN2O6. The van der Waals surface area contributed by atoms with Crippen LogP contribution in [0.2, 0.25) is 5.02 Å². The van der Waals surface area contributed by atoms with Gasteiger partial charge in [-0.15, -0.1) is 0 Å². The molecule has 0 aliphatic carbocycles. The van der Waals surface area contributed by atoms with E-state index in [1.54, 1.807) is 24.9 Å². The summed E-state index contributed by atoms with van der Waals surface area (Å²) in [5.41, 5.74) is 0.329. The largest absolute Gasteiger partial charge is 0.486 e. The van der Waals surface area contributed by atoms with E-state index in [9.17, 15) is 14.4 Å². The lowest BCUT2D eigenvalue weighted by Crippen LogP contribution is -2.45. The maximum Gasteiger partial charge on any atom is 0.309 e. The Bertz CT molecular complexity index is 791. The van der Waals surface area contributed by atoms with E-state index < -0.39 is 0 Å². The zero-order valence-electron chi connectivity index (χ0n) is 16.6. The number of fused-ring (bicyclic) bond motifs is 1. The molecule has 0 spiro atoms. The lowest BCUT2D eigenvalue weighted by atomic mass is 9.97. The van der Waals surface area contributed by atoms with E-state index in [4.69, 9.17) is 25.8 Å². The number of carbonyl (C=O) groups is 3. The topological polar surface area (TPSA) is 85.4 Å². The first kappa shape index (κ1) is 21.2. The van der Waals surface area contributed by atoms with Gasteiger partial charge in [-0.25, -0.2) is 0 Å². The fraction of sp³-hybridized carbons (Fsp3) is 0.550. The number of carbonyl (C=O) groups excluding carboxylic acids is 3. The number of amides is 2. The molecule has 3 rings (SSSR count). The minimum Gasteiger partial charge on any atom is -0.486 e. The number of piperidine rings is 1. The van der Waals surface area contributed by atoms with Crippen molar-refractivity contribution in [1.29, 1.82) is 0 Å². The predicted molar refractivity (Wildman–Crippen MR) is 105 cm³/mol. The summed E-state index contributed by atoms with van der Waals surface area (Å²) in [7, 11) is 1.57. The van der Waals surface area contributed by atoms with E-state index in [2.05, 4.69) is 0 Å². The monoisotopic (exact) mass is 424 g/mol. The first-order valence-corrected chi connectivity index (χ1v) is 10.1. The van der Waals surface area contributed by atoms with Gasteiger partial charge in [0.2, 0.25) is 5.91 Å². The number of likely N-dealkylation sites (N-methyl/N-ethyl adjacent to an activating group) is 1. The quantitative estimate of drug-likeness (QED) is 0.672. The molecule has 0 saturated carbocycles. The molecule has 0 N–H and O–H groups in total. The van der Waals surface area contributed by atoms with Crippen molar-refractivity contribution in [2.75, 3.05) is 46.5 Å². The highest BCUT2D eigenvalue weighted by atomic mass is 35.5. The van der Waals surface area contributed by atoms with E-state index in [0.29, 0.717) is 67.8 Å². The van der Waals surface area contributed by atoms with Gasteiger partial charge in [-0.1, -0.05) is 11.6 Å². The Morgan fingerprint density at radius 1 is 1.21 bits per heavy atom. The van der Waals surface area contributed by atoms with Crippen LogP contribution >= 0.6 is 11.6 Å². The Hall–Kier alpha value is -2.48. The Labute approximate surface area is 174 Å². The van der Waals surface area contributed by atoms with Gasteiger partial charge in [0.15, 0.2) is 11.5 Å². The zero-order valence-corrected chi connectivity index (χ0v) is 17.4. The molecule has 0 radical (unpaired) electrons. The molecule has 8 nitrogen and oxygen atoms in total. The molecule has 0 aromatic heterocycles. The highest BCUT2D eigenvalue weighted by Crippen LogP contribution is 2.38.